The van der Waals surface area contributed by atoms with Crippen molar-refractivity contribution in [2.45, 2.75) is 27.7 Å². The Morgan fingerprint density at radius 3 is 1.36 bits per heavy atom. The van der Waals surface area contributed by atoms with Crippen LogP contribution < -0.4 is 0 Å². The molecule has 3 nitrogen and oxygen atoms in total. The third-order valence-electron chi connectivity index (χ3n) is 6.23. The van der Waals surface area contributed by atoms with Gasteiger partial charge in [-0.15, -0.1) is 0 Å². The molecular weight excluding hydrogens is 408 g/mol. The molecule has 33 heavy (non-hydrogen) atoms. The molecule has 0 saturated carbocycles. The lowest BCUT2D eigenvalue weighted by Crippen LogP contribution is -1.96. The Kier molecular flexibility index (Phi) is 5.97. The number of carboxylic acids is 1. The second-order valence-corrected chi connectivity index (χ2v) is 8.59. The molecule has 0 heterocycles. The highest BCUT2D eigenvalue weighted by Gasteiger charge is 2.13. The first kappa shape index (κ1) is 22.2. The average Bonchev–Trinajstić information content (AvgIpc) is 2.82. The predicted octanol–water partition coefficient (Wildman–Crippen LogP) is 7.43. The van der Waals surface area contributed by atoms with Gasteiger partial charge in [0, 0.05) is 5.56 Å². The smallest absolute Gasteiger partial charge is 0.335 e. The molecule has 0 radical (unpaired) electrons. The summed E-state index contributed by atoms with van der Waals surface area (Å²) in [6, 6.07) is 23.6. The molecule has 3 heteroatoms. The van der Waals surface area contributed by atoms with Gasteiger partial charge in [-0.2, -0.15) is 0 Å². The molecule has 4 rings (SSSR count). The van der Waals surface area contributed by atoms with Gasteiger partial charge in [-0.05, 0) is 95.5 Å². The number of aromatic carboxylic acids is 1. The number of carboxylic acid groups (broad SMARTS) is 1. The number of carbonyl (C=O) groups excluding carboxylic acids is 1. The van der Waals surface area contributed by atoms with Crippen molar-refractivity contribution in [3.8, 4) is 33.4 Å². The Labute approximate surface area is 194 Å². The van der Waals surface area contributed by atoms with Gasteiger partial charge in [0.2, 0.25) is 0 Å². The first-order valence-corrected chi connectivity index (χ1v) is 10.9. The first-order valence-electron chi connectivity index (χ1n) is 10.9. The fourth-order valence-corrected chi connectivity index (χ4v) is 4.37. The van der Waals surface area contributed by atoms with Crippen LogP contribution in [0.25, 0.3) is 33.4 Å². The molecule has 0 aliphatic carbocycles. The minimum absolute atomic E-state index is 0.289. The van der Waals surface area contributed by atoms with Crippen molar-refractivity contribution in [3.63, 3.8) is 0 Å². The molecule has 0 aliphatic heterocycles. The summed E-state index contributed by atoms with van der Waals surface area (Å²) in [6.07, 6.45) is 0.861. The third kappa shape index (κ3) is 4.35. The molecule has 1 N–H and O–H groups in total. The van der Waals surface area contributed by atoms with E-state index >= 15 is 0 Å². The van der Waals surface area contributed by atoms with Gasteiger partial charge in [-0.1, -0.05) is 60.7 Å². The summed E-state index contributed by atoms with van der Waals surface area (Å²) in [6.45, 7) is 8.46. The van der Waals surface area contributed by atoms with Gasteiger partial charge < -0.3 is 5.11 Å². The SMILES string of the molecule is Cc1cc(-c2cc(C)c(-c3ccc(C(=O)O)cc3)cc2C)c(C)cc1-c1ccc(C=O)cc1. The van der Waals surface area contributed by atoms with Crippen molar-refractivity contribution in [1.29, 1.82) is 0 Å². The number of hydrogen-bond donors (Lipinski definition) is 1. The summed E-state index contributed by atoms with van der Waals surface area (Å²) < 4.78 is 0. The normalized spacial score (nSPS) is 10.8. The van der Waals surface area contributed by atoms with Gasteiger partial charge in [0.05, 0.1) is 5.56 Å². The topological polar surface area (TPSA) is 54.4 Å². The number of aldehydes is 1. The Bertz CT molecular complexity index is 1360. The zero-order valence-electron chi connectivity index (χ0n) is 19.3. The van der Waals surface area contributed by atoms with Crippen LogP contribution in [0.3, 0.4) is 0 Å². The average molecular weight is 435 g/mol. The molecule has 164 valence electrons. The molecule has 0 fully saturated rings. The Hall–Kier alpha value is -3.98. The Morgan fingerprint density at radius 2 is 0.970 bits per heavy atom. The Balaban J connectivity index is 1.74. The standard InChI is InChI=1S/C30H26O3/c1-18-15-28(20(3)13-26(18)23-7-5-22(17-31)6-8-23)29-16-19(2)27(14-21(29)4)24-9-11-25(12-10-24)30(32)33/h5-17H,1-4H3,(H,32,33). The number of hydrogen-bond acceptors (Lipinski definition) is 2. The van der Waals surface area contributed by atoms with Crippen molar-refractivity contribution in [2.24, 2.45) is 0 Å². The number of benzene rings is 4. The molecule has 0 aromatic heterocycles. The lowest BCUT2D eigenvalue weighted by atomic mass is 9.87. The maximum absolute atomic E-state index is 11.2. The van der Waals surface area contributed by atoms with E-state index in [1.165, 1.54) is 33.4 Å². The summed E-state index contributed by atoms with van der Waals surface area (Å²) >= 11 is 0. The lowest BCUT2D eigenvalue weighted by molar-refractivity contribution is 0.0696. The summed E-state index contributed by atoms with van der Waals surface area (Å²) in [7, 11) is 0. The Morgan fingerprint density at radius 1 is 0.606 bits per heavy atom. The van der Waals surface area contributed by atoms with Gasteiger partial charge in [-0.3, -0.25) is 4.79 Å². The van der Waals surface area contributed by atoms with Crippen molar-refractivity contribution < 1.29 is 14.7 Å². The molecule has 4 aromatic rings. The van der Waals surface area contributed by atoms with E-state index in [2.05, 4.69) is 52.0 Å². The monoisotopic (exact) mass is 434 g/mol. The summed E-state index contributed by atoms with van der Waals surface area (Å²) in [5.74, 6) is -0.918. The number of rotatable bonds is 5. The fraction of sp³-hybridized carbons (Fsp3) is 0.133. The second-order valence-electron chi connectivity index (χ2n) is 8.59. The van der Waals surface area contributed by atoms with E-state index < -0.39 is 5.97 Å². The molecule has 0 bridgehead atoms. The molecule has 0 aliphatic rings. The minimum atomic E-state index is -0.918. The summed E-state index contributed by atoms with van der Waals surface area (Å²) in [5, 5.41) is 9.16. The number of aryl methyl sites for hydroxylation is 4. The highest BCUT2D eigenvalue weighted by molar-refractivity contribution is 5.89. The van der Waals surface area contributed by atoms with Crippen molar-refractivity contribution in [3.05, 3.63) is 106 Å². The van der Waals surface area contributed by atoms with Gasteiger partial charge in [-0.25, -0.2) is 4.79 Å². The van der Waals surface area contributed by atoms with E-state index in [0.29, 0.717) is 5.56 Å². The molecule has 0 unspecified atom stereocenters. The van der Waals surface area contributed by atoms with Gasteiger partial charge >= 0.3 is 5.97 Å². The van der Waals surface area contributed by atoms with Crippen molar-refractivity contribution in [2.75, 3.05) is 0 Å². The van der Waals surface area contributed by atoms with E-state index in [0.717, 1.165) is 28.5 Å². The third-order valence-corrected chi connectivity index (χ3v) is 6.23. The largest absolute Gasteiger partial charge is 0.478 e. The van der Waals surface area contributed by atoms with Crippen LogP contribution >= 0.6 is 0 Å². The van der Waals surface area contributed by atoms with Crippen LogP contribution in [0.1, 0.15) is 43.0 Å². The first-order chi connectivity index (χ1) is 15.8. The highest BCUT2D eigenvalue weighted by atomic mass is 16.4. The molecule has 4 aromatic carbocycles. The fourth-order valence-electron chi connectivity index (χ4n) is 4.37. The van der Waals surface area contributed by atoms with Crippen LogP contribution in [-0.2, 0) is 0 Å². The maximum atomic E-state index is 11.2. The van der Waals surface area contributed by atoms with Crippen LogP contribution in [0.5, 0.6) is 0 Å². The van der Waals surface area contributed by atoms with Crippen LogP contribution in [0.15, 0.2) is 72.8 Å². The predicted molar refractivity (Wildman–Crippen MR) is 134 cm³/mol. The van der Waals surface area contributed by atoms with E-state index in [4.69, 9.17) is 5.11 Å². The van der Waals surface area contributed by atoms with Crippen LogP contribution in [0.2, 0.25) is 0 Å². The molecular formula is C30H26O3. The second kappa shape index (κ2) is 8.87. The van der Waals surface area contributed by atoms with Crippen LogP contribution in [0, 0.1) is 27.7 Å². The highest BCUT2D eigenvalue weighted by Crippen LogP contribution is 2.36. The zero-order chi connectivity index (χ0) is 23.7. The van der Waals surface area contributed by atoms with Crippen molar-refractivity contribution >= 4 is 12.3 Å². The summed E-state index contributed by atoms with van der Waals surface area (Å²) in [4.78, 5) is 22.1. The molecule has 0 saturated heterocycles. The van der Waals surface area contributed by atoms with E-state index in [1.807, 2.05) is 36.4 Å². The van der Waals surface area contributed by atoms with Crippen LogP contribution in [0.4, 0.5) is 0 Å². The maximum Gasteiger partial charge on any atom is 0.335 e. The van der Waals surface area contributed by atoms with Crippen LogP contribution in [-0.4, -0.2) is 17.4 Å². The summed E-state index contributed by atoms with van der Waals surface area (Å²) in [5.41, 5.74) is 12.4. The van der Waals surface area contributed by atoms with Gasteiger partial charge in [0.15, 0.2) is 0 Å². The van der Waals surface area contributed by atoms with E-state index in [-0.39, 0.29) is 5.56 Å². The molecule has 0 spiro atoms. The number of carbonyl (C=O) groups is 2. The molecule has 0 atom stereocenters. The zero-order valence-corrected chi connectivity index (χ0v) is 19.3. The quantitative estimate of drug-likeness (QED) is 0.332. The molecule has 0 amide bonds. The van der Waals surface area contributed by atoms with E-state index in [1.54, 1.807) is 12.1 Å². The van der Waals surface area contributed by atoms with Gasteiger partial charge in [0.1, 0.15) is 6.29 Å². The van der Waals surface area contributed by atoms with Crippen molar-refractivity contribution in [1.82, 2.24) is 0 Å². The lowest BCUT2D eigenvalue weighted by Gasteiger charge is -2.17. The van der Waals surface area contributed by atoms with E-state index in [9.17, 15) is 9.59 Å². The minimum Gasteiger partial charge on any atom is -0.478 e. The van der Waals surface area contributed by atoms with Gasteiger partial charge in [0.25, 0.3) is 0 Å².